The molecule has 1 heterocycles. The van der Waals surface area contributed by atoms with Gasteiger partial charge in [0.15, 0.2) is 6.61 Å². The number of para-hydroxylation sites is 2. The molecule has 0 spiro atoms. The lowest BCUT2D eigenvalue weighted by molar-refractivity contribution is -0.122. The van der Waals surface area contributed by atoms with Crippen molar-refractivity contribution >= 4 is 29.2 Å². The zero-order chi connectivity index (χ0) is 22.4. The third kappa shape index (κ3) is 5.84. The summed E-state index contributed by atoms with van der Waals surface area (Å²) in [7, 11) is 0. The van der Waals surface area contributed by atoms with Crippen LogP contribution in [0.1, 0.15) is 44.0 Å². The van der Waals surface area contributed by atoms with Crippen molar-refractivity contribution < 1.29 is 23.9 Å². The molecule has 2 amide bonds. The van der Waals surface area contributed by atoms with Gasteiger partial charge < -0.3 is 19.7 Å². The Morgan fingerprint density at radius 1 is 1.13 bits per heavy atom. The molecule has 0 bridgehead atoms. The van der Waals surface area contributed by atoms with Gasteiger partial charge in [-0.2, -0.15) is 0 Å². The van der Waals surface area contributed by atoms with Crippen molar-refractivity contribution in [3.63, 3.8) is 0 Å². The molecule has 0 aromatic heterocycles. The van der Waals surface area contributed by atoms with Crippen LogP contribution in [0.25, 0.3) is 0 Å². The largest absolute Gasteiger partial charge is 0.494 e. The number of nitrogens with one attached hydrogen (secondary N) is 1. The Hall–Kier alpha value is -3.35. The first-order chi connectivity index (χ1) is 14.8. The number of fused-ring (bicyclic) bond motifs is 1. The van der Waals surface area contributed by atoms with Crippen LogP contribution in [0.3, 0.4) is 0 Å². The summed E-state index contributed by atoms with van der Waals surface area (Å²) in [4.78, 5) is 38.8. The van der Waals surface area contributed by atoms with Crippen molar-refractivity contribution in [2.75, 3.05) is 23.4 Å². The van der Waals surface area contributed by atoms with Gasteiger partial charge in [-0.1, -0.05) is 26.0 Å². The monoisotopic (exact) mass is 424 g/mol. The maximum absolute atomic E-state index is 12.9. The second kappa shape index (κ2) is 10.1. The SMILES string of the molecule is CC(C)CCOc1ccc(C(=O)OCC(=O)N2c3ccccc3NC(=O)CC2C)cc1. The van der Waals surface area contributed by atoms with E-state index in [1.165, 1.54) is 4.90 Å². The standard InChI is InChI=1S/C24H28N2O5/c1-16(2)12-13-30-19-10-8-18(9-11-19)24(29)31-15-23(28)26-17(3)14-22(27)25-20-6-4-5-7-21(20)26/h4-11,16-17H,12-15H2,1-3H3,(H,25,27). The number of anilines is 2. The Morgan fingerprint density at radius 2 is 1.84 bits per heavy atom. The van der Waals surface area contributed by atoms with Gasteiger partial charge in [0, 0.05) is 12.5 Å². The highest BCUT2D eigenvalue weighted by Crippen LogP contribution is 2.31. The quantitative estimate of drug-likeness (QED) is 0.679. The highest BCUT2D eigenvalue weighted by Gasteiger charge is 2.30. The van der Waals surface area contributed by atoms with Crippen molar-refractivity contribution in [3.05, 3.63) is 54.1 Å². The van der Waals surface area contributed by atoms with E-state index in [9.17, 15) is 14.4 Å². The van der Waals surface area contributed by atoms with Crippen LogP contribution in [0.2, 0.25) is 0 Å². The van der Waals surface area contributed by atoms with E-state index in [4.69, 9.17) is 9.47 Å². The fourth-order valence-corrected chi connectivity index (χ4v) is 3.35. The van der Waals surface area contributed by atoms with E-state index in [0.717, 1.165) is 6.42 Å². The molecule has 31 heavy (non-hydrogen) atoms. The number of benzene rings is 2. The summed E-state index contributed by atoms with van der Waals surface area (Å²) in [5.74, 6) is 0.0912. The number of hydrogen-bond acceptors (Lipinski definition) is 5. The molecular formula is C24H28N2O5. The van der Waals surface area contributed by atoms with Crippen LogP contribution in [-0.4, -0.2) is 37.0 Å². The van der Waals surface area contributed by atoms with Crippen LogP contribution >= 0.6 is 0 Å². The molecule has 164 valence electrons. The molecule has 2 aromatic rings. The van der Waals surface area contributed by atoms with Crippen LogP contribution < -0.4 is 15.0 Å². The fraction of sp³-hybridized carbons (Fsp3) is 0.375. The molecular weight excluding hydrogens is 396 g/mol. The summed E-state index contributed by atoms with van der Waals surface area (Å²) in [6.07, 6.45) is 1.11. The Morgan fingerprint density at radius 3 is 2.55 bits per heavy atom. The Balaban J connectivity index is 1.61. The Bertz CT molecular complexity index is 939. The topological polar surface area (TPSA) is 84.9 Å². The third-order valence-electron chi connectivity index (χ3n) is 5.01. The van der Waals surface area contributed by atoms with Gasteiger partial charge in [0.1, 0.15) is 5.75 Å². The molecule has 0 aliphatic carbocycles. The maximum Gasteiger partial charge on any atom is 0.338 e. The molecule has 7 nitrogen and oxygen atoms in total. The average Bonchev–Trinajstić information content (AvgIpc) is 2.86. The molecule has 0 radical (unpaired) electrons. The Labute approximate surface area is 182 Å². The van der Waals surface area contributed by atoms with Crippen molar-refractivity contribution in [2.45, 2.75) is 39.7 Å². The number of carbonyl (C=O) groups is 3. The predicted octanol–water partition coefficient (Wildman–Crippen LogP) is 4.03. The number of amides is 2. The van der Waals surface area contributed by atoms with E-state index in [0.29, 0.717) is 35.2 Å². The molecule has 3 rings (SSSR count). The summed E-state index contributed by atoms with van der Waals surface area (Å²) >= 11 is 0. The third-order valence-corrected chi connectivity index (χ3v) is 5.01. The molecule has 1 aliphatic rings. The minimum atomic E-state index is -0.591. The van der Waals surface area contributed by atoms with Gasteiger partial charge in [-0.25, -0.2) is 4.79 Å². The van der Waals surface area contributed by atoms with E-state index < -0.39 is 18.5 Å². The van der Waals surface area contributed by atoms with Gasteiger partial charge in [0.25, 0.3) is 5.91 Å². The van der Waals surface area contributed by atoms with E-state index in [-0.39, 0.29) is 18.4 Å². The lowest BCUT2D eigenvalue weighted by atomic mass is 10.1. The number of esters is 1. The van der Waals surface area contributed by atoms with Gasteiger partial charge in [-0.3, -0.25) is 9.59 Å². The lowest BCUT2D eigenvalue weighted by Gasteiger charge is -2.27. The molecule has 1 atom stereocenters. The summed E-state index contributed by atoms with van der Waals surface area (Å²) in [6.45, 7) is 6.24. The Kier molecular flexibility index (Phi) is 7.28. The van der Waals surface area contributed by atoms with Gasteiger partial charge in [-0.15, -0.1) is 0 Å². The zero-order valence-electron chi connectivity index (χ0n) is 18.1. The van der Waals surface area contributed by atoms with E-state index in [2.05, 4.69) is 19.2 Å². The lowest BCUT2D eigenvalue weighted by Crippen LogP contribution is -2.41. The average molecular weight is 424 g/mol. The fourth-order valence-electron chi connectivity index (χ4n) is 3.35. The van der Waals surface area contributed by atoms with Crippen molar-refractivity contribution in [1.82, 2.24) is 0 Å². The van der Waals surface area contributed by atoms with Gasteiger partial charge in [0.2, 0.25) is 5.91 Å². The second-order valence-electron chi connectivity index (χ2n) is 8.01. The van der Waals surface area contributed by atoms with Crippen molar-refractivity contribution in [3.8, 4) is 5.75 Å². The highest BCUT2D eigenvalue weighted by molar-refractivity contribution is 6.05. The second-order valence-corrected chi connectivity index (χ2v) is 8.01. The highest BCUT2D eigenvalue weighted by atomic mass is 16.5. The number of rotatable bonds is 7. The zero-order valence-corrected chi connectivity index (χ0v) is 18.1. The van der Waals surface area contributed by atoms with E-state index >= 15 is 0 Å². The van der Waals surface area contributed by atoms with Crippen LogP contribution in [0, 0.1) is 5.92 Å². The number of hydrogen-bond donors (Lipinski definition) is 1. The normalized spacial score (nSPS) is 15.7. The minimum Gasteiger partial charge on any atom is -0.494 e. The van der Waals surface area contributed by atoms with Crippen LogP contribution in [0.5, 0.6) is 5.75 Å². The molecule has 7 heteroatoms. The van der Waals surface area contributed by atoms with Crippen molar-refractivity contribution in [2.24, 2.45) is 5.92 Å². The summed E-state index contributed by atoms with van der Waals surface area (Å²) in [5.41, 5.74) is 1.49. The molecule has 1 aliphatic heterocycles. The smallest absolute Gasteiger partial charge is 0.338 e. The summed E-state index contributed by atoms with van der Waals surface area (Å²) in [5, 5.41) is 2.80. The first kappa shape index (κ1) is 22.3. The number of nitrogens with zero attached hydrogens (tertiary/aromatic N) is 1. The molecule has 0 fully saturated rings. The molecule has 1 N–H and O–H groups in total. The van der Waals surface area contributed by atoms with Crippen LogP contribution in [-0.2, 0) is 14.3 Å². The van der Waals surface area contributed by atoms with Gasteiger partial charge in [-0.05, 0) is 55.7 Å². The van der Waals surface area contributed by atoms with Gasteiger partial charge >= 0.3 is 5.97 Å². The first-order valence-corrected chi connectivity index (χ1v) is 10.5. The minimum absolute atomic E-state index is 0.159. The predicted molar refractivity (Wildman–Crippen MR) is 118 cm³/mol. The summed E-state index contributed by atoms with van der Waals surface area (Å²) < 4.78 is 10.9. The number of ether oxygens (including phenoxy) is 2. The van der Waals surface area contributed by atoms with Crippen LogP contribution in [0.4, 0.5) is 11.4 Å². The van der Waals surface area contributed by atoms with Gasteiger partial charge in [0.05, 0.1) is 23.5 Å². The molecule has 0 saturated carbocycles. The molecule has 1 unspecified atom stereocenters. The first-order valence-electron chi connectivity index (χ1n) is 10.5. The van der Waals surface area contributed by atoms with E-state index in [1.54, 1.807) is 55.5 Å². The molecule has 2 aromatic carbocycles. The summed E-state index contributed by atoms with van der Waals surface area (Å²) in [6, 6.07) is 13.4. The van der Waals surface area contributed by atoms with Crippen molar-refractivity contribution in [1.29, 1.82) is 0 Å². The maximum atomic E-state index is 12.9. The van der Waals surface area contributed by atoms with Crippen LogP contribution in [0.15, 0.2) is 48.5 Å². The number of carbonyl (C=O) groups excluding carboxylic acids is 3. The molecule has 0 saturated heterocycles. The van der Waals surface area contributed by atoms with E-state index in [1.807, 2.05) is 0 Å².